The summed E-state index contributed by atoms with van der Waals surface area (Å²) in [6, 6.07) is 13.6. The number of benzene rings is 1. The van der Waals surface area contributed by atoms with E-state index < -0.39 is 0 Å². The number of likely N-dealkylation sites (tertiary alicyclic amines) is 1. The van der Waals surface area contributed by atoms with Crippen molar-refractivity contribution in [3.8, 4) is 11.3 Å². The molecule has 35 heavy (non-hydrogen) atoms. The molecule has 3 aromatic heterocycles. The van der Waals surface area contributed by atoms with Gasteiger partial charge in [0.15, 0.2) is 11.4 Å². The molecule has 1 fully saturated rings. The summed E-state index contributed by atoms with van der Waals surface area (Å²) in [5, 5.41) is 5.33. The zero-order chi connectivity index (χ0) is 24.7. The van der Waals surface area contributed by atoms with Gasteiger partial charge in [0.25, 0.3) is 5.91 Å². The molecule has 7 heteroatoms. The number of hydrogen-bond acceptors (Lipinski definition) is 5. The van der Waals surface area contributed by atoms with E-state index in [1.54, 1.807) is 17.5 Å². The number of fused-ring (bicyclic) bond motifs is 1. The molecule has 0 aliphatic carbocycles. The molecule has 6 nitrogen and oxygen atoms in total. The first-order valence-corrected chi connectivity index (χ1v) is 13.0. The van der Waals surface area contributed by atoms with Gasteiger partial charge < -0.3 is 4.90 Å². The lowest BCUT2D eigenvalue weighted by atomic mass is 9.88. The van der Waals surface area contributed by atoms with Crippen LogP contribution >= 0.6 is 11.3 Å². The minimum atomic E-state index is -0.0467. The second kappa shape index (κ2) is 9.38. The summed E-state index contributed by atoms with van der Waals surface area (Å²) in [4.78, 5) is 35.9. The largest absolute Gasteiger partial charge is 0.339 e. The minimum absolute atomic E-state index is 0.0165. The molecule has 4 heterocycles. The highest BCUT2D eigenvalue weighted by molar-refractivity contribution is 7.12. The molecular formula is C28H30N4O2S. The van der Waals surface area contributed by atoms with Gasteiger partial charge in [-0.25, -0.2) is 9.67 Å². The van der Waals surface area contributed by atoms with Gasteiger partial charge in [-0.2, -0.15) is 5.10 Å². The van der Waals surface area contributed by atoms with E-state index in [2.05, 4.69) is 38.9 Å². The summed E-state index contributed by atoms with van der Waals surface area (Å²) < 4.78 is 1.88. The molecule has 1 aliphatic rings. The van der Waals surface area contributed by atoms with Crippen LogP contribution in [0.25, 0.3) is 22.3 Å². The van der Waals surface area contributed by atoms with Crippen molar-refractivity contribution < 1.29 is 9.59 Å². The molecule has 1 aromatic carbocycles. The fourth-order valence-corrected chi connectivity index (χ4v) is 5.88. The Morgan fingerprint density at radius 3 is 2.40 bits per heavy atom. The molecule has 0 N–H and O–H groups in total. The smallest absolute Gasteiger partial charge is 0.254 e. The Kier molecular flexibility index (Phi) is 6.28. The lowest BCUT2D eigenvalue weighted by Crippen LogP contribution is -2.40. The van der Waals surface area contributed by atoms with Crippen molar-refractivity contribution in [2.75, 3.05) is 13.1 Å². The van der Waals surface area contributed by atoms with Gasteiger partial charge in [0.05, 0.1) is 22.8 Å². The maximum absolute atomic E-state index is 13.8. The van der Waals surface area contributed by atoms with Gasteiger partial charge in [-0.1, -0.05) is 30.3 Å². The molecule has 0 atom stereocenters. The maximum atomic E-state index is 13.8. The molecular weight excluding hydrogens is 456 g/mol. The van der Waals surface area contributed by atoms with Crippen LogP contribution in [-0.2, 0) is 0 Å². The lowest BCUT2D eigenvalue weighted by molar-refractivity contribution is 0.0652. The van der Waals surface area contributed by atoms with E-state index >= 15 is 0 Å². The first-order chi connectivity index (χ1) is 16.8. The van der Waals surface area contributed by atoms with Crippen LogP contribution in [0.2, 0.25) is 0 Å². The molecule has 0 radical (unpaired) electrons. The van der Waals surface area contributed by atoms with Crippen LogP contribution in [-0.4, -0.2) is 44.4 Å². The highest BCUT2D eigenvalue weighted by Crippen LogP contribution is 2.33. The summed E-state index contributed by atoms with van der Waals surface area (Å²) in [7, 11) is 0. The zero-order valence-corrected chi connectivity index (χ0v) is 21.4. The average molecular weight is 487 g/mol. The van der Waals surface area contributed by atoms with E-state index in [4.69, 9.17) is 4.98 Å². The van der Waals surface area contributed by atoms with E-state index in [1.807, 2.05) is 46.0 Å². The quantitative estimate of drug-likeness (QED) is 0.320. The van der Waals surface area contributed by atoms with Crippen LogP contribution in [0, 0.1) is 19.8 Å². The molecule has 5 rings (SSSR count). The third kappa shape index (κ3) is 4.41. The van der Waals surface area contributed by atoms with Crippen LogP contribution in [0.1, 0.15) is 63.2 Å². The maximum Gasteiger partial charge on any atom is 0.254 e. The molecule has 0 unspecified atom stereocenters. The molecule has 180 valence electrons. The number of rotatable bonds is 5. The first-order valence-electron chi connectivity index (χ1n) is 12.2. The molecule has 1 amide bonds. The summed E-state index contributed by atoms with van der Waals surface area (Å²) in [6.07, 6.45) is 3.11. The van der Waals surface area contributed by atoms with Crippen molar-refractivity contribution in [3.05, 3.63) is 69.5 Å². The Morgan fingerprint density at radius 2 is 1.77 bits per heavy atom. The van der Waals surface area contributed by atoms with Crippen molar-refractivity contribution in [2.45, 2.75) is 46.6 Å². The number of carbonyl (C=O) groups excluding carboxylic acids is 2. The normalized spacial score (nSPS) is 14.7. The van der Waals surface area contributed by atoms with Gasteiger partial charge in [-0.05, 0) is 52.7 Å². The second-order valence-electron chi connectivity index (χ2n) is 9.60. The number of Topliss-reactive ketones (excluding diaryl/α,β-unsaturated/α-hetero) is 1. The van der Waals surface area contributed by atoms with Gasteiger partial charge in [0, 0.05) is 45.9 Å². The Hall–Kier alpha value is -3.32. The van der Waals surface area contributed by atoms with Crippen LogP contribution < -0.4 is 0 Å². The van der Waals surface area contributed by atoms with Gasteiger partial charge in [-0.3, -0.25) is 9.59 Å². The number of amides is 1. The number of piperidine rings is 1. The van der Waals surface area contributed by atoms with Crippen molar-refractivity contribution in [1.82, 2.24) is 19.7 Å². The van der Waals surface area contributed by atoms with E-state index in [0.29, 0.717) is 31.5 Å². The van der Waals surface area contributed by atoms with Crippen molar-refractivity contribution in [2.24, 2.45) is 5.92 Å². The first kappa shape index (κ1) is 23.4. The Bertz CT molecular complexity index is 1400. The Labute approximate surface area is 209 Å². The van der Waals surface area contributed by atoms with E-state index in [1.165, 1.54) is 9.75 Å². The fourth-order valence-electron chi connectivity index (χ4n) is 4.95. The molecule has 0 bridgehead atoms. The highest BCUT2D eigenvalue weighted by atomic mass is 32.1. The standard InChI is InChI=1S/C28H30N4O2S/c1-17(2)32-27-24(16-29-32)23(15-25(30-27)22-14-18(3)35-19(22)4)28(34)31-12-10-21(11-13-31)26(33)20-8-6-5-7-9-20/h5-9,14-17,21H,10-13H2,1-4H3. The van der Waals surface area contributed by atoms with E-state index in [-0.39, 0.29) is 23.7 Å². The third-order valence-corrected chi connectivity index (χ3v) is 7.78. The van der Waals surface area contributed by atoms with Gasteiger partial charge in [0.1, 0.15) is 0 Å². The number of aryl methyl sites for hydroxylation is 2. The van der Waals surface area contributed by atoms with Gasteiger partial charge >= 0.3 is 0 Å². The zero-order valence-electron chi connectivity index (χ0n) is 20.6. The van der Waals surface area contributed by atoms with Crippen LogP contribution in [0.4, 0.5) is 0 Å². The SMILES string of the molecule is Cc1cc(-c2cc(C(=O)N3CCC(C(=O)c4ccccc4)CC3)c3cnn(C(C)C)c3n2)c(C)s1. The molecule has 1 saturated heterocycles. The third-order valence-electron chi connectivity index (χ3n) is 6.81. The lowest BCUT2D eigenvalue weighted by Gasteiger charge is -2.31. The number of aromatic nitrogens is 3. The van der Waals surface area contributed by atoms with Gasteiger partial charge in [0.2, 0.25) is 0 Å². The van der Waals surface area contributed by atoms with E-state index in [0.717, 1.165) is 27.9 Å². The predicted octanol–water partition coefficient (Wildman–Crippen LogP) is 6.09. The number of nitrogens with zero attached hydrogens (tertiary/aromatic N) is 4. The van der Waals surface area contributed by atoms with Crippen LogP contribution in [0.5, 0.6) is 0 Å². The summed E-state index contributed by atoms with van der Waals surface area (Å²) >= 11 is 1.74. The number of pyridine rings is 1. The second-order valence-corrected chi connectivity index (χ2v) is 11.1. The van der Waals surface area contributed by atoms with E-state index in [9.17, 15) is 9.59 Å². The van der Waals surface area contributed by atoms with Crippen LogP contribution in [0.3, 0.4) is 0 Å². The number of hydrogen-bond donors (Lipinski definition) is 0. The summed E-state index contributed by atoms with van der Waals surface area (Å²) in [5.74, 6) is 0.111. The fraction of sp³-hybridized carbons (Fsp3) is 0.357. The average Bonchev–Trinajstić information content (AvgIpc) is 3.45. The number of carbonyl (C=O) groups is 2. The minimum Gasteiger partial charge on any atom is -0.339 e. The molecule has 1 aliphatic heterocycles. The van der Waals surface area contributed by atoms with Crippen molar-refractivity contribution in [1.29, 1.82) is 0 Å². The number of ketones is 1. The summed E-state index contributed by atoms with van der Waals surface area (Å²) in [5.41, 5.74) is 3.98. The number of thiophene rings is 1. The molecule has 4 aromatic rings. The van der Waals surface area contributed by atoms with Crippen molar-refractivity contribution >= 4 is 34.1 Å². The Morgan fingerprint density at radius 1 is 1.06 bits per heavy atom. The molecule has 0 saturated carbocycles. The van der Waals surface area contributed by atoms with Gasteiger partial charge in [-0.15, -0.1) is 11.3 Å². The van der Waals surface area contributed by atoms with Crippen LogP contribution in [0.15, 0.2) is 48.7 Å². The molecule has 0 spiro atoms. The monoisotopic (exact) mass is 486 g/mol. The van der Waals surface area contributed by atoms with Crippen molar-refractivity contribution in [3.63, 3.8) is 0 Å². The summed E-state index contributed by atoms with van der Waals surface area (Å²) in [6.45, 7) is 9.44. The predicted molar refractivity (Wildman–Crippen MR) is 140 cm³/mol. The Balaban J connectivity index is 1.46. The highest BCUT2D eigenvalue weighted by Gasteiger charge is 2.30. The topological polar surface area (TPSA) is 68.1 Å².